The molecule has 0 amide bonds. The highest BCUT2D eigenvalue weighted by molar-refractivity contribution is 6.32. The zero-order chi connectivity index (χ0) is 17.0. The van der Waals surface area contributed by atoms with Crippen LogP contribution >= 0.6 is 11.6 Å². The highest BCUT2D eigenvalue weighted by atomic mass is 35.5. The zero-order valence-corrected chi connectivity index (χ0v) is 14.7. The maximum Gasteiger partial charge on any atom is 0.115 e. The first-order chi connectivity index (χ1) is 12.2. The lowest BCUT2D eigenvalue weighted by atomic mass is 10.0. The van der Waals surface area contributed by atoms with Gasteiger partial charge in [-0.3, -0.25) is 4.98 Å². The van der Waals surface area contributed by atoms with E-state index in [1.54, 1.807) is 6.33 Å². The van der Waals surface area contributed by atoms with Crippen molar-refractivity contribution in [2.75, 3.05) is 0 Å². The maximum absolute atomic E-state index is 6.48. The van der Waals surface area contributed by atoms with Gasteiger partial charge in [0.15, 0.2) is 0 Å². The van der Waals surface area contributed by atoms with Crippen molar-refractivity contribution in [3.63, 3.8) is 0 Å². The molecule has 1 fully saturated rings. The lowest BCUT2D eigenvalue weighted by molar-refractivity contribution is 0.662. The summed E-state index contributed by atoms with van der Waals surface area (Å²) < 4.78 is 2.43. The molecule has 1 aliphatic rings. The fourth-order valence-corrected chi connectivity index (χ4v) is 3.94. The van der Waals surface area contributed by atoms with Crippen molar-refractivity contribution in [1.29, 1.82) is 0 Å². The predicted molar refractivity (Wildman–Crippen MR) is 101 cm³/mol. The van der Waals surface area contributed by atoms with Crippen molar-refractivity contribution in [1.82, 2.24) is 19.5 Å². The molecular weight excluding hydrogens is 332 g/mol. The summed E-state index contributed by atoms with van der Waals surface area (Å²) in [5, 5.41) is 3.11. The van der Waals surface area contributed by atoms with E-state index in [4.69, 9.17) is 11.6 Å². The van der Waals surface area contributed by atoms with Crippen molar-refractivity contribution in [2.24, 2.45) is 5.92 Å². The van der Waals surface area contributed by atoms with Crippen LogP contribution in [-0.2, 0) is 6.54 Å². The molecule has 5 rings (SSSR count). The van der Waals surface area contributed by atoms with Gasteiger partial charge in [-0.05, 0) is 43.9 Å². The molecule has 1 aliphatic carbocycles. The molecule has 0 unspecified atom stereocenters. The number of benzene rings is 1. The molecule has 25 heavy (non-hydrogen) atoms. The summed E-state index contributed by atoms with van der Waals surface area (Å²) in [6, 6.07) is 6.18. The topological polar surface area (TPSA) is 43.6 Å². The van der Waals surface area contributed by atoms with Gasteiger partial charge in [0.2, 0.25) is 0 Å². The van der Waals surface area contributed by atoms with Gasteiger partial charge in [-0.15, -0.1) is 0 Å². The number of aromatic nitrogens is 4. The van der Waals surface area contributed by atoms with Crippen LogP contribution in [0.3, 0.4) is 0 Å². The summed E-state index contributed by atoms with van der Waals surface area (Å²) in [4.78, 5) is 12.9. The molecule has 1 saturated carbocycles. The standard InChI is InChI=1S/C20H17ClN4/c1-12-19-16(4-5-24-12)18-7-15(21)6-17(14-8-22-11-23-9-14)20(18)25(19)10-13-2-3-13/h4-9,11,13H,2-3,10H2,1H3. The molecule has 0 bridgehead atoms. The van der Waals surface area contributed by atoms with Gasteiger partial charge in [-0.2, -0.15) is 0 Å². The monoisotopic (exact) mass is 348 g/mol. The molecule has 3 heterocycles. The third kappa shape index (κ3) is 2.40. The van der Waals surface area contributed by atoms with Crippen molar-refractivity contribution in [2.45, 2.75) is 26.3 Å². The van der Waals surface area contributed by atoms with Gasteiger partial charge in [-0.25, -0.2) is 9.97 Å². The summed E-state index contributed by atoms with van der Waals surface area (Å²) in [6.07, 6.45) is 9.74. The van der Waals surface area contributed by atoms with E-state index in [-0.39, 0.29) is 0 Å². The highest BCUT2D eigenvalue weighted by Crippen LogP contribution is 2.41. The summed E-state index contributed by atoms with van der Waals surface area (Å²) in [5.74, 6) is 0.758. The Hall–Kier alpha value is -2.46. The van der Waals surface area contributed by atoms with E-state index < -0.39 is 0 Å². The maximum atomic E-state index is 6.48. The van der Waals surface area contributed by atoms with Gasteiger partial charge >= 0.3 is 0 Å². The van der Waals surface area contributed by atoms with Gasteiger partial charge in [0.1, 0.15) is 6.33 Å². The van der Waals surface area contributed by atoms with E-state index in [0.717, 1.165) is 34.3 Å². The normalized spacial score (nSPS) is 14.5. The molecule has 0 spiro atoms. The van der Waals surface area contributed by atoms with Crippen molar-refractivity contribution < 1.29 is 0 Å². The Labute approximate surface area is 150 Å². The number of rotatable bonds is 3. The minimum absolute atomic E-state index is 0.728. The molecule has 0 aliphatic heterocycles. The number of aryl methyl sites for hydroxylation is 1. The van der Waals surface area contributed by atoms with Crippen LogP contribution in [0.25, 0.3) is 32.9 Å². The number of fused-ring (bicyclic) bond motifs is 3. The van der Waals surface area contributed by atoms with E-state index in [0.29, 0.717) is 0 Å². The lowest BCUT2D eigenvalue weighted by Crippen LogP contribution is -2.02. The number of hydrogen-bond donors (Lipinski definition) is 0. The molecule has 0 atom stereocenters. The largest absolute Gasteiger partial charge is 0.338 e. The molecule has 0 radical (unpaired) electrons. The minimum atomic E-state index is 0.728. The van der Waals surface area contributed by atoms with Crippen LogP contribution < -0.4 is 0 Å². The summed E-state index contributed by atoms with van der Waals surface area (Å²) >= 11 is 6.48. The average molecular weight is 349 g/mol. The summed E-state index contributed by atoms with van der Waals surface area (Å²) in [7, 11) is 0. The fourth-order valence-electron chi connectivity index (χ4n) is 3.72. The second kappa shape index (κ2) is 5.53. The van der Waals surface area contributed by atoms with E-state index in [9.17, 15) is 0 Å². The Kier molecular flexibility index (Phi) is 3.28. The second-order valence-corrected chi connectivity index (χ2v) is 7.26. The van der Waals surface area contributed by atoms with Gasteiger partial charge in [0.25, 0.3) is 0 Å². The number of halogens is 1. The molecule has 0 saturated heterocycles. The Balaban J connectivity index is 1.94. The average Bonchev–Trinajstić information content (AvgIpc) is 3.39. The van der Waals surface area contributed by atoms with Crippen LogP contribution in [0.5, 0.6) is 0 Å². The second-order valence-electron chi connectivity index (χ2n) is 6.82. The molecule has 5 heteroatoms. The molecule has 124 valence electrons. The van der Waals surface area contributed by atoms with Crippen LogP contribution in [-0.4, -0.2) is 19.5 Å². The van der Waals surface area contributed by atoms with Gasteiger partial charge < -0.3 is 4.57 Å². The SMILES string of the molecule is Cc1nccc2c3cc(Cl)cc(-c4cncnc4)c3n(CC3CC3)c12. The predicted octanol–water partition coefficient (Wildman–Crippen LogP) is 5.02. The summed E-state index contributed by atoms with van der Waals surface area (Å²) in [5.41, 5.74) is 5.54. The quantitative estimate of drug-likeness (QED) is 0.522. The minimum Gasteiger partial charge on any atom is -0.338 e. The Morgan fingerprint density at radius 3 is 2.68 bits per heavy atom. The first-order valence-electron chi connectivity index (χ1n) is 8.55. The number of pyridine rings is 1. The third-order valence-electron chi connectivity index (χ3n) is 5.02. The van der Waals surface area contributed by atoms with E-state index in [1.807, 2.05) is 24.7 Å². The van der Waals surface area contributed by atoms with Gasteiger partial charge in [0.05, 0.1) is 16.7 Å². The molecule has 4 aromatic rings. The molecular formula is C20H17ClN4. The smallest absolute Gasteiger partial charge is 0.115 e. The third-order valence-corrected chi connectivity index (χ3v) is 5.24. The Bertz CT molecular complexity index is 1100. The van der Waals surface area contributed by atoms with Crippen LogP contribution in [0, 0.1) is 12.8 Å². The van der Waals surface area contributed by atoms with E-state index >= 15 is 0 Å². The first-order valence-corrected chi connectivity index (χ1v) is 8.92. The van der Waals surface area contributed by atoms with E-state index in [1.165, 1.54) is 34.6 Å². The Morgan fingerprint density at radius 2 is 1.92 bits per heavy atom. The highest BCUT2D eigenvalue weighted by Gasteiger charge is 2.26. The molecule has 0 N–H and O–H groups in total. The number of nitrogens with zero attached hydrogens (tertiary/aromatic N) is 4. The Morgan fingerprint density at radius 1 is 1.12 bits per heavy atom. The van der Waals surface area contributed by atoms with Crippen molar-refractivity contribution >= 4 is 33.4 Å². The fraction of sp³-hybridized carbons (Fsp3) is 0.250. The number of hydrogen-bond acceptors (Lipinski definition) is 3. The van der Waals surface area contributed by atoms with Crippen LogP contribution in [0.2, 0.25) is 5.02 Å². The molecule has 3 aromatic heterocycles. The van der Waals surface area contributed by atoms with Gasteiger partial charge in [0, 0.05) is 52.1 Å². The molecule has 1 aromatic carbocycles. The zero-order valence-electron chi connectivity index (χ0n) is 13.9. The lowest BCUT2D eigenvalue weighted by Gasteiger charge is -2.11. The van der Waals surface area contributed by atoms with Crippen molar-refractivity contribution in [3.8, 4) is 11.1 Å². The van der Waals surface area contributed by atoms with Crippen LogP contribution in [0.15, 0.2) is 43.1 Å². The van der Waals surface area contributed by atoms with E-state index in [2.05, 4.69) is 38.6 Å². The first kappa shape index (κ1) is 14.8. The van der Waals surface area contributed by atoms with Crippen LogP contribution in [0.4, 0.5) is 0 Å². The van der Waals surface area contributed by atoms with Crippen molar-refractivity contribution in [3.05, 3.63) is 53.8 Å². The summed E-state index contributed by atoms with van der Waals surface area (Å²) in [6.45, 7) is 3.10. The van der Waals surface area contributed by atoms with Gasteiger partial charge in [-0.1, -0.05) is 11.6 Å². The van der Waals surface area contributed by atoms with Crippen LogP contribution in [0.1, 0.15) is 18.5 Å². The molecule has 4 nitrogen and oxygen atoms in total.